The number of rotatable bonds is 7. The van der Waals surface area contributed by atoms with Crippen LogP contribution in [0.3, 0.4) is 0 Å². The number of nitrogens with zero attached hydrogens (tertiary/aromatic N) is 5. The molecule has 25 nitrogen and oxygen atoms in total. The molecular formula is C91H116B2Br3Cl7F10N8NaO17S. The number of hydrogen-bond donors (Lipinski definition) is 4. The van der Waals surface area contributed by atoms with Gasteiger partial charge >= 0.3 is 73.0 Å². The molecule has 4 aliphatic rings. The first-order chi connectivity index (χ1) is 63.3. The Labute approximate surface area is 899 Å². The maximum Gasteiger partial charge on any atom is 1.00 e. The Kier molecular flexibility index (Phi) is 60.9. The molecule has 7 aromatic rings. The molecule has 0 saturated carbocycles. The normalized spacial score (nSPS) is 13.4. The van der Waals surface area contributed by atoms with E-state index in [0.717, 1.165) is 51.8 Å². The summed E-state index contributed by atoms with van der Waals surface area (Å²) in [5, 5.41) is 19.8. The van der Waals surface area contributed by atoms with E-state index < -0.39 is 95.8 Å². The van der Waals surface area contributed by atoms with E-state index in [1.165, 1.54) is 142 Å². The molecule has 4 heterocycles. The molecule has 49 heteroatoms. The summed E-state index contributed by atoms with van der Waals surface area (Å²) < 4.78 is 167. The topological polar surface area (TPSA) is 309 Å². The molecule has 0 atom stereocenters. The van der Waals surface area contributed by atoms with Gasteiger partial charge in [-0.25, -0.2) is 63.7 Å². The Hall–Kier alpha value is -6.93. The molecule has 0 fully saturated rings. The van der Waals surface area contributed by atoms with Gasteiger partial charge in [-0.1, -0.05) is 34.8 Å². The van der Waals surface area contributed by atoms with Gasteiger partial charge in [0, 0.05) is 130 Å². The van der Waals surface area contributed by atoms with Gasteiger partial charge in [0.25, 0.3) is 3.79 Å². The molecule has 4 aliphatic heterocycles. The number of aliphatic hydroxyl groups is 1. The number of nitrogens with two attached hydrogens (primary N) is 1. The number of aliphatic hydroxyl groups excluding tert-OH is 1. The number of nitrogens with one attached hydrogen (secondary N) is 2. The molecule has 5 amide bonds. The van der Waals surface area contributed by atoms with Crippen LogP contribution >= 0.6 is 127 Å². The maximum absolute atomic E-state index is 13.5. The first-order valence-corrected chi connectivity index (χ1v) is 48.0. The number of anilines is 7. The first-order valence-electron chi connectivity index (χ1n) is 40.8. The molecular weight excluding hydrogens is 2230 g/mol. The second kappa shape index (κ2) is 62.1. The number of carbonyl (C=O) groups excluding carboxylic acids is 7. The van der Waals surface area contributed by atoms with Crippen molar-refractivity contribution in [3.63, 3.8) is 0 Å². The summed E-state index contributed by atoms with van der Waals surface area (Å²) in [6.45, 7) is 37.6. The smallest absolute Gasteiger partial charge is 1.00 e. The summed E-state index contributed by atoms with van der Waals surface area (Å²) in [6, 6.07) is 25.4. The van der Waals surface area contributed by atoms with E-state index >= 15 is 0 Å². The van der Waals surface area contributed by atoms with Crippen LogP contribution in [0.1, 0.15) is 177 Å². The minimum atomic E-state index is -3.67. The monoisotopic (exact) mass is 2340 g/mol. The van der Waals surface area contributed by atoms with Crippen LogP contribution in [-0.2, 0) is 85.3 Å². The fourth-order valence-electron chi connectivity index (χ4n) is 13.3. The van der Waals surface area contributed by atoms with Crippen LogP contribution < -0.4 is 65.1 Å². The van der Waals surface area contributed by atoms with Gasteiger partial charge in [-0.2, -0.15) is 0 Å². The van der Waals surface area contributed by atoms with E-state index in [9.17, 15) is 82.3 Å². The van der Waals surface area contributed by atoms with E-state index in [1.54, 1.807) is 48.8 Å². The number of carbonyl (C=O) groups is 7. The molecule has 5 N–H and O–H groups in total. The van der Waals surface area contributed by atoms with Crippen molar-refractivity contribution in [2.75, 3.05) is 91.4 Å². The van der Waals surface area contributed by atoms with E-state index in [2.05, 4.69) is 112 Å². The van der Waals surface area contributed by atoms with E-state index in [-0.39, 0.29) is 104 Å². The zero-order valence-electron chi connectivity index (χ0n) is 83.0. The Morgan fingerprint density at radius 3 is 1.20 bits per heavy atom. The van der Waals surface area contributed by atoms with Crippen molar-refractivity contribution in [1.29, 1.82) is 5.41 Å². The number of halogens is 20. The molecule has 3 radical (unpaired) electrons. The number of aldehydes is 1. The van der Waals surface area contributed by atoms with Gasteiger partial charge in [0.2, 0.25) is 15.1 Å². The van der Waals surface area contributed by atoms with Gasteiger partial charge in [-0.3, -0.25) is 47.7 Å². The zero-order chi connectivity index (χ0) is 107. The predicted octanol–water partition coefficient (Wildman–Crippen LogP) is 24.7. The Bertz CT molecular complexity index is 5190. The van der Waals surface area contributed by atoms with Crippen LogP contribution in [0.15, 0.2) is 123 Å². The number of ether oxygens (including phenoxy) is 8. The summed E-state index contributed by atoms with van der Waals surface area (Å²) in [6.07, 6.45) is 0.400. The number of methoxy groups -OCH3 is 6. The average molecular weight is 2350 g/mol. The van der Waals surface area contributed by atoms with Crippen molar-refractivity contribution in [1.82, 2.24) is 0 Å². The standard InChI is InChI=1S/C13H15ClFNO2.C13H16FNO3.C13H14FNO3.C12H15BrFNO2.C12H14FNO2.C10H13BrFN.C6H5BrFN.C6H10Cl3NO.C4H10O.C2H3ClO2.BF3.B.Cl2OS.Na.H/c1-13(2)6-8-4-10(15)5-9(7-14)11(8)16(13)12(17)18-3;2*1-13(2)6-8-4-10(14)5-9(7-16)11(8)15(13)12(17)18-3;1-12(2,3)15(11(16)17-4)10-6-5-8(14)7-9(10)13;1-12(2)7-8-6-9(13)4-5-10(8)14(12)11(15)16-3;1-10(2,3)13-9-5-4-7(12)6-8(9)11;7-5-3-4(8)1-2-6(5)9;1-5(2,3)11-4(10)6(7,8)9;1-3-5-4-2;1-5-2(3)4;2-1(3)4;;1-4(2)3;;/h4-5H,6-7H2,1-3H3;4-5,16H,6-7H2,1-3H3;4-5,7H,6H2,1-3H3;5-7H,1-4H3;4-6H,7H2,1-3H3;4-6,13H,1-3H3;1-3H,9H2;10H,1-3H3;3-4H2,1-2H3;1H3;;;;;/q;;;;;;;;;;;;;+1;-1. The third kappa shape index (κ3) is 46.2. The van der Waals surface area contributed by atoms with Crippen LogP contribution in [0.4, 0.5) is 112 Å². The Morgan fingerprint density at radius 1 is 0.543 bits per heavy atom. The Morgan fingerprint density at radius 2 is 0.879 bits per heavy atom. The minimum Gasteiger partial charge on any atom is -1.00 e. The van der Waals surface area contributed by atoms with Crippen LogP contribution in [0.2, 0.25) is 0 Å². The van der Waals surface area contributed by atoms with Gasteiger partial charge in [-0.05, 0) is 342 Å². The van der Waals surface area contributed by atoms with Gasteiger partial charge in [0.1, 0.15) is 46.3 Å². The van der Waals surface area contributed by atoms with Gasteiger partial charge in [0.05, 0.1) is 77.7 Å². The quantitative estimate of drug-likeness (QED) is 0.0133. The molecule has 140 heavy (non-hydrogen) atoms. The van der Waals surface area contributed by atoms with Crippen molar-refractivity contribution in [2.45, 2.75) is 212 Å². The van der Waals surface area contributed by atoms with Crippen molar-refractivity contribution in [3.05, 3.63) is 202 Å². The summed E-state index contributed by atoms with van der Waals surface area (Å²) in [5.41, 5.74) is 10.4. The number of nitrogen functional groups attached to an aromatic ring is 1. The first kappa shape index (κ1) is 137. The fraction of sp³-hybridized carbons (Fsp3) is 0.451. The number of hydrogen-bond acceptors (Lipinski definition) is 20. The summed E-state index contributed by atoms with van der Waals surface area (Å²) in [4.78, 5) is 87.0. The molecule has 775 valence electrons. The number of fused-ring (bicyclic) bond motifs is 4. The number of alkyl halides is 4. The predicted molar refractivity (Wildman–Crippen MR) is 547 cm³/mol. The largest absolute Gasteiger partial charge is 1.00 e. The summed E-state index contributed by atoms with van der Waals surface area (Å²) >= 11 is 36.2. The molecule has 0 bridgehead atoms. The third-order valence-corrected chi connectivity index (χ3v) is 21.1. The van der Waals surface area contributed by atoms with Crippen LogP contribution in [0.5, 0.6) is 0 Å². The molecule has 7 aromatic carbocycles. The molecule has 11 rings (SSSR count). The third-order valence-electron chi connectivity index (χ3n) is 18.2. The van der Waals surface area contributed by atoms with Crippen LogP contribution in [-0.4, -0.2) is 172 Å². The van der Waals surface area contributed by atoms with Crippen molar-refractivity contribution in [2.24, 2.45) is 0 Å². The van der Waals surface area contributed by atoms with E-state index in [0.29, 0.717) is 86.0 Å². The molecule has 0 aromatic heterocycles. The average Bonchev–Trinajstić information content (AvgIpc) is 1.61. The molecule has 0 saturated heterocycles. The SMILES string of the molecule is CC(C)(C)Nc1ccc(F)cc1Br.CC(C)(C)OC(=N)C(Cl)(Cl)Cl.CCOCC.COC(=O)Cl.COC(=O)N(c1ccc(F)cc1Br)C(C)(C)C.COC(=O)N1c2c(C=O)cc(F)cc2CC1(C)C.COC(=O)N1c2c(CCl)cc(F)cc2CC1(C)C.COC(=O)N1c2c(CO)cc(F)cc2CC1(C)C.COC(=O)N1c2ccc(F)cc2CC1(C)C.FB(F)F.Nc1ccc(F)cc1Br.O=S(Cl)Cl.[B].[H-].[Na+]. The summed E-state index contributed by atoms with van der Waals surface area (Å²) in [7, 11) is 11.5. The Balaban J connectivity index is -0.000000744. The zero-order valence-corrected chi connectivity index (χ0v) is 94.9. The van der Waals surface area contributed by atoms with Crippen LogP contribution in [0.25, 0.3) is 0 Å². The van der Waals surface area contributed by atoms with E-state index in [4.69, 9.17) is 94.9 Å². The fourth-order valence-corrected chi connectivity index (χ4v) is 14.9. The minimum absolute atomic E-state index is 0. The van der Waals surface area contributed by atoms with Crippen molar-refractivity contribution < 1.29 is 155 Å². The van der Waals surface area contributed by atoms with Crippen molar-refractivity contribution in [3.8, 4) is 0 Å². The second-order valence-corrected chi connectivity index (χ2v) is 42.4. The van der Waals surface area contributed by atoms with Crippen LogP contribution in [0, 0.1) is 46.1 Å². The van der Waals surface area contributed by atoms with Gasteiger partial charge in [-0.15, -0.1) is 11.6 Å². The van der Waals surface area contributed by atoms with Gasteiger partial charge in [0.15, 0.2) is 6.29 Å². The number of benzene rings is 7. The van der Waals surface area contributed by atoms with E-state index in [1.807, 2.05) is 90.0 Å². The number of amides is 5. The molecule has 0 unspecified atom stereocenters. The molecule has 0 aliphatic carbocycles. The summed E-state index contributed by atoms with van der Waals surface area (Å²) in [5.74, 6) is -2.55. The second-order valence-electron chi connectivity index (χ2n) is 34.4. The van der Waals surface area contributed by atoms with Gasteiger partial charge < -0.3 is 55.5 Å². The molecule has 0 spiro atoms. The maximum atomic E-state index is 13.5. The van der Waals surface area contributed by atoms with Crippen molar-refractivity contribution >= 4 is 240 Å².